The van der Waals surface area contributed by atoms with Crippen LogP contribution in [0.5, 0.6) is 0 Å². The van der Waals surface area contributed by atoms with E-state index < -0.39 is 6.09 Å². The van der Waals surface area contributed by atoms with Crippen LogP contribution in [-0.2, 0) is 14.2 Å². The zero-order valence-corrected chi connectivity index (χ0v) is 14.5. The molecule has 7 nitrogen and oxygen atoms in total. The average molecular weight is 327 g/mol. The predicted molar refractivity (Wildman–Crippen MR) is 87.9 cm³/mol. The largest absolute Gasteiger partial charge is 0.447 e. The molecule has 0 spiro atoms. The van der Waals surface area contributed by atoms with Crippen molar-refractivity contribution < 1.29 is 19.0 Å². The quantitative estimate of drug-likeness (QED) is 0.574. The predicted octanol–water partition coefficient (Wildman–Crippen LogP) is 1.23. The number of morpholine rings is 2. The fourth-order valence-corrected chi connectivity index (χ4v) is 2.69. The Morgan fingerprint density at radius 3 is 2.17 bits per heavy atom. The van der Waals surface area contributed by atoms with Crippen molar-refractivity contribution in [1.82, 2.24) is 9.80 Å². The van der Waals surface area contributed by atoms with Gasteiger partial charge in [0.1, 0.15) is 12.4 Å². The summed E-state index contributed by atoms with van der Waals surface area (Å²) < 4.78 is 16.0. The van der Waals surface area contributed by atoms with Crippen LogP contribution in [0.2, 0.25) is 0 Å². The van der Waals surface area contributed by atoms with Crippen LogP contribution >= 0.6 is 0 Å². The third kappa shape index (κ3) is 6.08. The summed E-state index contributed by atoms with van der Waals surface area (Å²) in [6, 6.07) is 0. The van der Waals surface area contributed by atoms with Gasteiger partial charge in [-0.3, -0.25) is 4.90 Å². The third-order valence-corrected chi connectivity index (χ3v) is 3.92. The van der Waals surface area contributed by atoms with Gasteiger partial charge >= 0.3 is 6.09 Å². The molecule has 0 aliphatic carbocycles. The molecule has 2 rings (SSSR count). The highest BCUT2D eigenvalue weighted by molar-refractivity contribution is 5.95. The van der Waals surface area contributed by atoms with Gasteiger partial charge in [0.05, 0.1) is 26.4 Å². The van der Waals surface area contributed by atoms with Crippen molar-refractivity contribution in [3.63, 3.8) is 0 Å². The van der Waals surface area contributed by atoms with E-state index in [1.165, 1.54) is 0 Å². The van der Waals surface area contributed by atoms with E-state index in [2.05, 4.69) is 35.6 Å². The second-order valence-electron chi connectivity index (χ2n) is 6.85. The molecule has 132 valence electrons. The van der Waals surface area contributed by atoms with Crippen LogP contribution in [0.15, 0.2) is 4.99 Å². The summed E-state index contributed by atoms with van der Waals surface area (Å²) in [6.45, 7) is 13.4. The summed E-state index contributed by atoms with van der Waals surface area (Å²) >= 11 is 0. The summed E-state index contributed by atoms with van der Waals surface area (Å²) in [4.78, 5) is 20.7. The lowest BCUT2D eigenvalue weighted by molar-refractivity contribution is 0.0287. The van der Waals surface area contributed by atoms with Gasteiger partial charge in [0.15, 0.2) is 0 Å². The second-order valence-corrected chi connectivity index (χ2v) is 6.85. The highest BCUT2D eigenvalue weighted by Gasteiger charge is 2.27. The van der Waals surface area contributed by atoms with Gasteiger partial charge < -0.3 is 19.1 Å². The molecule has 0 aromatic carbocycles. The first kappa shape index (κ1) is 18.2. The molecule has 2 fully saturated rings. The van der Waals surface area contributed by atoms with E-state index in [0.717, 1.165) is 51.8 Å². The Kier molecular flexibility index (Phi) is 6.80. The zero-order valence-electron chi connectivity index (χ0n) is 14.5. The molecule has 1 amide bonds. The molecule has 0 aromatic rings. The van der Waals surface area contributed by atoms with Crippen LogP contribution in [0.3, 0.4) is 0 Å². The summed E-state index contributed by atoms with van der Waals surface area (Å²) in [5.74, 6) is 0.775. The maximum absolute atomic E-state index is 12.1. The Labute approximate surface area is 138 Å². The molecule has 0 aromatic heterocycles. The van der Waals surface area contributed by atoms with Crippen molar-refractivity contribution in [1.29, 1.82) is 0 Å². The minimum atomic E-state index is -0.505. The summed E-state index contributed by atoms with van der Waals surface area (Å²) in [5.41, 5.74) is -0.208. The molecule has 2 heterocycles. The lowest BCUT2D eigenvalue weighted by Gasteiger charge is -2.35. The van der Waals surface area contributed by atoms with Crippen LogP contribution in [0.1, 0.15) is 20.8 Å². The van der Waals surface area contributed by atoms with Crippen molar-refractivity contribution in [2.24, 2.45) is 10.4 Å². The average Bonchev–Trinajstić information content (AvgIpc) is 2.53. The number of carbonyl (C=O) groups is 1. The minimum Gasteiger partial charge on any atom is -0.447 e. The van der Waals surface area contributed by atoms with Crippen LogP contribution in [-0.4, -0.2) is 87.5 Å². The Morgan fingerprint density at radius 2 is 1.61 bits per heavy atom. The van der Waals surface area contributed by atoms with E-state index in [-0.39, 0.29) is 5.41 Å². The molecular formula is C16H29N3O4. The van der Waals surface area contributed by atoms with Crippen LogP contribution < -0.4 is 0 Å². The monoisotopic (exact) mass is 327 g/mol. The summed E-state index contributed by atoms with van der Waals surface area (Å²) in [6.07, 6.45) is -0.505. The number of nitrogens with zero attached hydrogens (tertiary/aromatic N) is 3. The van der Waals surface area contributed by atoms with E-state index in [4.69, 9.17) is 14.2 Å². The number of amides is 1. The molecule has 7 heteroatoms. The van der Waals surface area contributed by atoms with E-state index in [9.17, 15) is 4.79 Å². The van der Waals surface area contributed by atoms with Crippen molar-refractivity contribution in [3.8, 4) is 0 Å². The number of rotatable bonds is 3. The maximum Gasteiger partial charge on any atom is 0.435 e. The normalized spacial score (nSPS) is 21.3. The Morgan fingerprint density at radius 1 is 1.04 bits per heavy atom. The summed E-state index contributed by atoms with van der Waals surface area (Å²) in [7, 11) is 0. The van der Waals surface area contributed by atoms with Crippen LogP contribution in [0.25, 0.3) is 0 Å². The second kappa shape index (κ2) is 8.61. The number of ether oxygens (including phenoxy) is 3. The molecule has 0 unspecified atom stereocenters. The van der Waals surface area contributed by atoms with E-state index in [0.29, 0.717) is 19.8 Å². The number of hydrogen-bond acceptors (Lipinski definition) is 5. The lowest BCUT2D eigenvalue weighted by atomic mass is 9.93. The highest BCUT2D eigenvalue weighted by atomic mass is 16.5. The molecule has 0 saturated carbocycles. The minimum absolute atomic E-state index is 0.208. The Bertz CT molecular complexity index is 408. The fourth-order valence-electron chi connectivity index (χ4n) is 2.69. The van der Waals surface area contributed by atoms with Gasteiger partial charge in [0.25, 0.3) is 0 Å². The SMILES string of the molecule is CC(C)(C)C(=NC(=O)OCCN1CCOCC1)N1CCOCC1. The standard InChI is InChI=1S/C16H29N3O4/c1-16(2,3)14(19-7-11-22-12-8-19)17-15(20)23-13-6-18-4-9-21-10-5-18/h4-13H2,1-3H3. The highest BCUT2D eigenvalue weighted by Crippen LogP contribution is 2.20. The first-order valence-electron chi connectivity index (χ1n) is 8.35. The number of hydrogen-bond donors (Lipinski definition) is 0. The number of aliphatic imine (C=N–C) groups is 1. The molecule has 0 radical (unpaired) electrons. The van der Waals surface area contributed by atoms with E-state index >= 15 is 0 Å². The zero-order chi connectivity index (χ0) is 16.7. The van der Waals surface area contributed by atoms with Crippen molar-refractivity contribution in [2.45, 2.75) is 20.8 Å². The van der Waals surface area contributed by atoms with Gasteiger partial charge in [-0.1, -0.05) is 20.8 Å². The van der Waals surface area contributed by atoms with Crippen molar-refractivity contribution in [3.05, 3.63) is 0 Å². The number of amidine groups is 1. The van der Waals surface area contributed by atoms with Crippen molar-refractivity contribution >= 4 is 11.9 Å². The van der Waals surface area contributed by atoms with Gasteiger partial charge in [0, 0.05) is 38.1 Å². The van der Waals surface area contributed by atoms with Gasteiger partial charge in [-0.05, 0) is 0 Å². The maximum atomic E-state index is 12.1. The van der Waals surface area contributed by atoms with Crippen LogP contribution in [0.4, 0.5) is 4.79 Å². The lowest BCUT2D eigenvalue weighted by Crippen LogP contribution is -2.46. The molecular weight excluding hydrogens is 298 g/mol. The fraction of sp³-hybridized carbons (Fsp3) is 0.875. The van der Waals surface area contributed by atoms with Gasteiger partial charge in [-0.15, -0.1) is 0 Å². The molecule has 23 heavy (non-hydrogen) atoms. The first-order valence-corrected chi connectivity index (χ1v) is 8.35. The molecule has 0 bridgehead atoms. The third-order valence-electron chi connectivity index (χ3n) is 3.92. The first-order chi connectivity index (χ1) is 11.0. The molecule has 0 N–H and O–H groups in total. The topological polar surface area (TPSA) is 63.6 Å². The molecule has 2 saturated heterocycles. The smallest absolute Gasteiger partial charge is 0.435 e. The van der Waals surface area contributed by atoms with E-state index in [1.807, 2.05) is 0 Å². The van der Waals surface area contributed by atoms with Crippen LogP contribution in [0, 0.1) is 5.41 Å². The molecule has 2 aliphatic heterocycles. The summed E-state index contributed by atoms with van der Waals surface area (Å²) in [5, 5.41) is 0. The Balaban J connectivity index is 1.85. The van der Waals surface area contributed by atoms with E-state index in [1.54, 1.807) is 0 Å². The van der Waals surface area contributed by atoms with Gasteiger partial charge in [-0.25, -0.2) is 4.79 Å². The van der Waals surface area contributed by atoms with Gasteiger partial charge in [-0.2, -0.15) is 4.99 Å². The molecule has 0 atom stereocenters. The number of carbonyl (C=O) groups excluding carboxylic acids is 1. The van der Waals surface area contributed by atoms with Gasteiger partial charge in [0.2, 0.25) is 0 Å². The van der Waals surface area contributed by atoms with Crippen molar-refractivity contribution in [2.75, 3.05) is 65.8 Å². The molecule has 2 aliphatic rings. The Hall–Kier alpha value is -1.18.